The fourth-order valence-corrected chi connectivity index (χ4v) is 2.73. The molecular formula is C13H21N5O. The van der Waals surface area contributed by atoms with Crippen LogP contribution in [-0.2, 0) is 4.74 Å². The molecule has 0 unspecified atom stereocenters. The number of hydrogen-bond donors (Lipinski definition) is 2. The fourth-order valence-electron chi connectivity index (χ4n) is 2.73. The van der Waals surface area contributed by atoms with Gasteiger partial charge in [-0.1, -0.05) is 0 Å². The lowest BCUT2D eigenvalue weighted by atomic mass is 9.96. The van der Waals surface area contributed by atoms with Gasteiger partial charge < -0.3 is 20.7 Å². The molecule has 0 bridgehead atoms. The molecule has 2 aliphatic heterocycles. The van der Waals surface area contributed by atoms with Gasteiger partial charge in [-0.25, -0.2) is 4.98 Å². The number of rotatable bonds is 2. The molecule has 19 heavy (non-hydrogen) atoms. The summed E-state index contributed by atoms with van der Waals surface area (Å²) in [6.45, 7) is 5.58. The van der Waals surface area contributed by atoms with Crippen molar-refractivity contribution in [2.24, 2.45) is 0 Å². The average Bonchev–Trinajstić information content (AvgIpc) is 2.48. The van der Waals surface area contributed by atoms with Crippen LogP contribution in [0.25, 0.3) is 0 Å². The molecule has 0 aliphatic carbocycles. The first kappa shape index (κ1) is 12.6. The van der Waals surface area contributed by atoms with Gasteiger partial charge in [0.1, 0.15) is 5.82 Å². The maximum atomic E-state index is 5.88. The highest BCUT2D eigenvalue weighted by Crippen LogP contribution is 2.28. The summed E-state index contributed by atoms with van der Waals surface area (Å²) < 4.78 is 5.40. The molecule has 104 valence electrons. The Morgan fingerprint density at radius 1 is 1.21 bits per heavy atom. The fraction of sp³-hybridized carbons (Fsp3) is 0.692. The Balaban J connectivity index is 1.82. The van der Waals surface area contributed by atoms with Crippen molar-refractivity contribution >= 4 is 11.8 Å². The summed E-state index contributed by atoms with van der Waals surface area (Å²) in [6.07, 6.45) is 2.05. The third kappa shape index (κ3) is 2.96. The molecule has 2 fully saturated rings. The highest BCUT2D eigenvalue weighted by molar-refractivity contribution is 5.44. The lowest BCUT2D eigenvalue weighted by Crippen LogP contribution is -2.44. The predicted octanol–water partition coefficient (Wildman–Crippen LogP) is 0.362. The van der Waals surface area contributed by atoms with Gasteiger partial charge in [0, 0.05) is 51.4 Å². The number of nitrogens with two attached hydrogens (primary N) is 1. The van der Waals surface area contributed by atoms with E-state index >= 15 is 0 Å². The van der Waals surface area contributed by atoms with Gasteiger partial charge in [0.25, 0.3) is 0 Å². The van der Waals surface area contributed by atoms with E-state index in [0.717, 1.165) is 63.7 Å². The third-order valence-corrected chi connectivity index (χ3v) is 3.83. The molecule has 0 atom stereocenters. The van der Waals surface area contributed by atoms with E-state index in [4.69, 9.17) is 10.5 Å². The third-order valence-electron chi connectivity index (χ3n) is 3.83. The van der Waals surface area contributed by atoms with Crippen molar-refractivity contribution in [2.45, 2.75) is 18.8 Å². The number of piperazine rings is 1. The summed E-state index contributed by atoms with van der Waals surface area (Å²) in [5.41, 5.74) is 6.95. The van der Waals surface area contributed by atoms with E-state index in [2.05, 4.69) is 26.3 Å². The summed E-state index contributed by atoms with van der Waals surface area (Å²) in [5, 5.41) is 3.34. The lowest BCUT2D eigenvalue weighted by molar-refractivity contribution is 0.0845. The molecule has 3 heterocycles. The van der Waals surface area contributed by atoms with Crippen LogP contribution < -0.4 is 16.0 Å². The predicted molar refractivity (Wildman–Crippen MR) is 74.3 cm³/mol. The summed E-state index contributed by atoms with van der Waals surface area (Å²) in [7, 11) is 0. The van der Waals surface area contributed by atoms with Crippen molar-refractivity contribution in [1.29, 1.82) is 0 Å². The molecule has 3 rings (SSSR count). The molecule has 2 saturated heterocycles. The summed E-state index contributed by atoms with van der Waals surface area (Å²) in [4.78, 5) is 11.1. The van der Waals surface area contributed by atoms with E-state index in [1.54, 1.807) is 0 Å². The molecule has 0 radical (unpaired) electrons. The van der Waals surface area contributed by atoms with Crippen molar-refractivity contribution < 1.29 is 4.74 Å². The Labute approximate surface area is 113 Å². The summed E-state index contributed by atoms with van der Waals surface area (Å²) in [5.74, 6) is 1.81. The number of hydrogen-bond acceptors (Lipinski definition) is 6. The van der Waals surface area contributed by atoms with Gasteiger partial charge in [-0.3, -0.25) is 0 Å². The zero-order valence-electron chi connectivity index (χ0n) is 11.1. The first-order valence-electron chi connectivity index (χ1n) is 7.01. The Bertz CT molecular complexity index is 391. The number of aromatic nitrogens is 2. The van der Waals surface area contributed by atoms with Crippen molar-refractivity contribution in [3.8, 4) is 0 Å². The SMILES string of the molecule is Nc1nc(C2CCOCC2)cc(N2CCNCC2)n1. The molecule has 0 spiro atoms. The second kappa shape index (κ2) is 5.71. The maximum absolute atomic E-state index is 5.88. The van der Waals surface area contributed by atoms with Gasteiger partial charge >= 0.3 is 0 Å². The summed E-state index contributed by atoms with van der Waals surface area (Å²) >= 11 is 0. The number of nitrogen functional groups attached to an aromatic ring is 1. The van der Waals surface area contributed by atoms with Crippen molar-refractivity contribution in [3.63, 3.8) is 0 Å². The minimum absolute atomic E-state index is 0.387. The van der Waals surface area contributed by atoms with Crippen LogP contribution in [-0.4, -0.2) is 49.4 Å². The maximum Gasteiger partial charge on any atom is 0.222 e. The molecular weight excluding hydrogens is 242 g/mol. The lowest BCUT2D eigenvalue weighted by Gasteiger charge is -2.29. The number of anilines is 2. The van der Waals surface area contributed by atoms with Gasteiger partial charge in [0.2, 0.25) is 5.95 Å². The monoisotopic (exact) mass is 263 g/mol. The highest BCUT2D eigenvalue weighted by Gasteiger charge is 2.20. The van der Waals surface area contributed by atoms with Crippen LogP contribution in [0.4, 0.5) is 11.8 Å². The number of ether oxygens (including phenoxy) is 1. The average molecular weight is 263 g/mol. The zero-order valence-corrected chi connectivity index (χ0v) is 11.1. The van der Waals surface area contributed by atoms with Gasteiger partial charge in [-0.15, -0.1) is 0 Å². The molecule has 2 aliphatic rings. The van der Waals surface area contributed by atoms with Gasteiger partial charge in [0.15, 0.2) is 0 Å². The Morgan fingerprint density at radius 3 is 2.68 bits per heavy atom. The number of nitrogens with zero attached hydrogens (tertiary/aromatic N) is 3. The van der Waals surface area contributed by atoms with E-state index in [-0.39, 0.29) is 0 Å². The van der Waals surface area contributed by atoms with Crippen LogP contribution in [0.3, 0.4) is 0 Å². The van der Waals surface area contributed by atoms with Crippen molar-refractivity contribution in [1.82, 2.24) is 15.3 Å². The van der Waals surface area contributed by atoms with Crippen LogP contribution in [0.2, 0.25) is 0 Å². The van der Waals surface area contributed by atoms with E-state index in [9.17, 15) is 0 Å². The molecule has 1 aromatic rings. The molecule has 3 N–H and O–H groups in total. The zero-order chi connectivity index (χ0) is 13.1. The molecule has 6 nitrogen and oxygen atoms in total. The topological polar surface area (TPSA) is 76.3 Å². The smallest absolute Gasteiger partial charge is 0.222 e. The van der Waals surface area contributed by atoms with E-state index in [1.165, 1.54) is 0 Å². The molecule has 0 aromatic carbocycles. The van der Waals surface area contributed by atoms with Crippen LogP contribution in [0, 0.1) is 0 Å². The molecule has 1 aromatic heterocycles. The standard InChI is InChI=1S/C13H21N5O/c14-13-16-11(10-1-7-19-8-2-10)9-12(17-13)18-5-3-15-4-6-18/h9-10,15H,1-8H2,(H2,14,16,17). The largest absolute Gasteiger partial charge is 0.381 e. The molecule has 0 amide bonds. The normalized spacial score (nSPS) is 21.6. The van der Waals surface area contributed by atoms with Gasteiger partial charge in [0.05, 0.1) is 5.69 Å². The second-order valence-corrected chi connectivity index (χ2v) is 5.13. The quantitative estimate of drug-likeness (QED) is 0.802. The van der Waals surface area contributed by atoms with Crippen molar-refractivity contribution in [2.75, 3.05) is 50.0 Å². The number of nitrogens with one attached hydrogen (secondary N) is 1. The second-order valence-electron chi connectivity index (χ2n) is 5.13. The first-order chi connectivity index (χ1) is 9.33. The summed E-state index contributed by atoms with van der Waals surface area (Å²) in [6, 6.07) is 2.11. The van der Waals surface area contributed by atoms with Crippen LogP contribution in [0.15, 0.2) is 6.07 Å². The molecule has 0 saturated carbocycles. The van der Waals surface area contributed by atoms with Crippen LogP contribution in [0.5, 0.6) is 0 Å². The molecule has 6 heteroatoms. The first-order valence-corrected chi connectivity index (χ1v) is 7.01. The van der Waals surface area contributed by atoms with Gasteiger partial charge in [-0.2, -0.15) is 4.98 Å². The van der Waals surface area contributed by atoms with Crippen molar-refractivity contribution in [3.05, 3.63) is 11.8 Å². The minimum atomic E-state index is 0.387. The highest BCUT2D eigenvalue weighted by atomic mass is 16.5. The van der Waals surface area contributed by atoms with Crippen LogP contribution in [0.1, 0.15) is 24.5 Å². The Morgan fingerprint density at radius 2 is 1.95 bits per heavy atom. The van der Waals surface area contributed by atoms with E-state index in [1.807, 2.05) is 0 Å². The minimum Gasteiger partial charge on any atom is -0.381 e. The van der Waals surface area contributed by atoms with E-state index < -0.39 is 0 Å². The van der Waals surface area contributed by atoms with Crippen LogP contribution >= 0.6 is 0 Å². The van der Waals surface area contributed by atoms with E-state index in [0.29, 0.717) is 11.9 Å². The van der Waals surface area contributed by atoms with Gasteiger partial charge in [-0.05, 0) is 12.8 Å². The Hall–Kier alpha value is -1.40. The Kier molecular flexibility index (Phi) is 3.79.